The summed E-state index contributed by atoms with van der Waals surface area (Å²) >= 11 is 0. The van der Waals surface area contributed by atoms with Crippen molar-refractivity contribution in [1.82, 2.24) is 0 Å². The molecule has 0 amide bonds. The molecule has 0 aliphatic carbocycles. The van der Waals surface area contributed by atoms with E-state index in [1.54, 1.807) is 0 Å². The first-order valence-corrected chi connectivity index (χ1v) is 10.3. The fourth-order valence-electron chi connectivity index (χ4n) is 3.33. The van der Waals surface area contributed by atoms with Crippen LogP contribution in [0.25, 0.3) is 0 Å². The molecule has 0 aliphatic rings. The number of rotatable bonds is 12. The molecule has 1 N–H and O–H groups in total. The number of aryl methyl sites for hydroxylation is 1. The summed E-state index contributed by atoms with van der Waals surface area (Å²) in [5, 5.41) is 10.0. The number of hydrogen-bond acceptors (Lipinski definition) is 1. The van der Waals surface area contributed by atoms with Gasteiger partial charge in [0.05, 0.1) is 0 Å². The molecule has 0 aromatic heterocycles. The first-order valence-electron chi connectivity index (χ1n) is 10.3. The summed E-state index contributed by atoms with van der Waals surface area (Å²) in [6, 6.07) is 6.15. The molecule has 1 aromatic carbocycles. The molecule has 0 radical (unpaired) electrons. The Bertz CT molecular complexity index is 442. The van der Waals surface area contributed by atoms with E-state index < -0.39 is 0 Å². The van der Waals surface area contributed by atoms with Crippen LogP contribution in [0.4, 0.5) is 0 Å². The molecule has 1 rings (SSSR count). The second-order valence-electron chi connectivity index (χ2n) is 8.39. The Hall–Kier alpha value is -0.980. The lowest BCUT2D eigenvalue weighted by molar-refractivity contribution is 0.446. The molecule has 1 nitrogen and oxygen atoms in total. The fourth-order valence-corrected chi connectivity index (χ4v) is 3.33. The summed E-state index contributed by atoms with van der Waals surface area (Å²) in [4.78, 5) is 0. The van der Waals surface area contributed by atoms with Gasteiger partial charge in [0.15, 0.2) is 0 Å². The van der Waals surface area contributed by atoms with Crippen LogP contribution in [0.15, 0.2) is 18.2 Å². The van der Waals surface area contributed by atoms with Crippen molar-refractivity contribution in [3.05, 3.63) is 29.3 Å². The van der Waals surface area contributed by atoms with Gasteiger partial charge in [-0.3, -0.25) is 0 Å². The van der Waals surface area contributed by atoms with Gasteiger partial charge < -0.3 is 5.11 Å². The zero-order valence-corrected chi connectivity index (χ0v) is 16.7. The molecule has 1 aromatic rings. The third kappa shape index (κ3) is 8.76. The van der Waals surface area contributed by atoms with E-state index in [1.807, 2.05) is 6.07 Å². The van der Waals surface area contributed by atoms with Gasteiger partial charge in [-0.1, -0.05) is 104 Å². The number of benzene rings is 1. The van der Waals surface area contributed by atoms with Gasteiger partial charge in [-0.15, -0.1) is 0 Å². The lowest BCUT2D eigenvalue weighted by atomic mass is 9.85. The van der Waals surface area contributed by atoms with Gasteiger partial charge in [-0.2, -0.15) is 0 Å². The van der Waals surface area contributed by atoms with Crippen molar-refractivity contribution < 1.29 is 5.11 Å². The van der Waals surface area contributed by atoms with Crippen molar-refractivity contribution in [3.8, 4) is 5.75 Å². The highest BCUT2D eigenvalue weighted by Gasteiger charge is 2.18. The summed E-state index contributed by atoms with van der Waals surface area (Å²) in [6.07, 6.45) is 16.4. The molecule has 0 saturated heterocycles. The van der Waals surface area contributed by atoms with Crippen LogP contribution in [0.1, 0.15) is 109 Å². The highest BCUT2D eigenvalue weighted by Crippen LogP contribution is 2.31. The summed E-state index contributed by atoms with van der Waals surface area (Å²) in [5.41, 5.74) is 2.45. The Morgan fingerprint density at radius 2 is 1.25 bits per heavy atom. The van der Waals surface area contributed by atoms with Gasteiger partial charge in [-0.25, -0.2) is 0 Å². The minimum Gasteiger partial charge on any atom is -0.508 e. The monoisotopic (exact) mass is 332 g/mol. The quantitative estimate of drug-likeness (QED) is 0.392. The van der Waals surface area contributed by atoms with Crippen molar-refractivity contribution >= 4 is 0 Å². The molecule has 0 heterocycles. The van der Waals surface area contributed by atoms with Crippen molar-refractivity contribution in [2.75, 3.05) is 0 Å². The van der Waals surface area contributed by atoms with Gasteiger partial charge in [0, 0.05) is 0 Å². The Balaban J connectivity index is 2.11. The van der Waals surface area contributed by atoms with E-state index in [9.17, 15) is 5.11 Å². The van der Waals surface area contributed by atoms with Gasteiger partial charge >= 0.3 is 0 Å². The molecule has 0 fully saturated rings. The van der Waals surface area contributed by atoms with Crippen molar-refractivity contribution in [2.45, 2.75) is 110 Å². The highest BCUT2D eigenvalue weighted by molar-refractivity contribution is 5.40. The Morgan fingerprint density at radius 3 is 1.75 bits per heavy atom. The first kappa shape index (κ1) is 21.1. The topological polar surface area (TPSA) is 20.2 Å². The summed E-state index contributed by atoms with van der Waals surface area (Å²) in [6.45, 7) is 8.76. The number of hydrogen-bond donors (Lipinski definition) is 1. The third-order valence-corrected chi connectivity index (χ3v) is 4.94. The minimum absolute atomic E-state index is 0.0111. The molecule has 138 valence electrons. The van der Waals surface area contributed by atoms with Gasteiger partial charge in [-0.05, 0) is 35.4 Å². The average molecular weight is 333 g/mol. The maximum Gasteiger partial charge on any atom is 0.119 e. The maximum atomic E-state index is 10.0. The van der Waals surface area contributed by atoms with E-state index in [-0.39, 0.29) is 5.41 Å². The lowest BCUT2D eigenvalue weighted by Crippen LogP contribution is -2.11. The highest BCUT2D eigenvalue weighted by atomic mass is 16.3. The average Bonchev–Trinajstić information content (AvgIpc) is 2.53. The van der Waals surface area contributed by atoms with Crippen molar-refractivity contribution in [1.29, 1.82) is 0 Å². The fraction of sp³-hybridized carbons (Fsp3) is 0.739. The Morgan fingerprint density at radius 1 is 0.750 bits per heavy atom. The van der Waals surface area contributed by atoms with Crippen LogP contribution in [0.5, 0.6) is 5.75 Å². The predicted molar refractivity (Wildman–Crippen MR) is 107 cm³/mol. The number of phenolic OH excluding ortho intramolecular Hbond substituents is 1. The van der Waals surface area contributed by atoms with Crippen LogP contribution in [0, 0.1) is 0 Å². The van der Waals surface area contributed by atoms with Crippen LogP contribution < -0.4 is 0 Å². The smallest absolute Gasteiger partial charge is 0.119 e. The van der Waals surface area contributed by atoms with E-state index in [1.165, 1.54) is 76.2 Å². The minimum atomic E-state index is 0.0111. The van der Waals surface area contributed by atoms with Crippen LogP contribution >= 0.6 is 0 Å². The molecular formula is C23H40O. The number of aromatic hydroxyl groups is 1. The molecular weight excluding hydrogens is 292 g/mol. The Kier molecular flexibility index (Phi) is 10.1. The normalized spacial score (nSPS) is 11.8. The van der Waals surface area contributed by atoms with Crippen LogP contribution in [0.2, 0.25) is 0 Å². The molecule has 0 saturated carbocycles. The van der Waals surface area contributed by atoms with E-state index in [0.717, 1.165) is 12.0 Å². The summed E-state index contributed by atoms with van der Waals surface area (Å²) < 4.78 is 0. The van der Waals surface area contributed by atoms with Gasteiger partial charge in [0.2, 0.25) is 0 Å². The molecule has 0 bridgehead atoms. The molecule has 0 unspecified atom stereocenters. The van der Waals surface area contributed by atoms with Gasteiger partial charge in [0.1, 0.15) is 5.75 Å². The summed E-state index contributed by atoms with van der Waals surface area (Å²) in [5.74, 6) is 0.435. The molecule has 1 heteroatoms. The maximum absolute atomic E-state index is 10.0. The first-order chi connectivity index (χ1) is 11.4. The molecule has 0 atom stereocenters. The SMILES string of the molecule is CCCCCCCCCCCCCc1ccc(O)c(C(C)(C)C)c1. The number of phenols is 1. The van der Waals surface area contributed by atoms with Crippen LogP contribution in [-0.2, 0) is 11.8 Å². The van der Waals surface area contributed by atoms with Crippen molar-refractivity contribution in [2.24, 2.45) is 0 Å². The molecule has 24 heavy (non-hydrogen) atoms. The predicted octanol–water partition coefficient (Wildman–Crippen LogP) is 7.54. The zero-order valence-electron chi connectivity index (χ0n) is 16.7. The molecule has 0 spiro atoms. The van der Waals surface area contributed by atoms with E-state index >= 15 is 0 Å². The van der Waals surface area contributed by atoms with Crippen LogP contribution in [0.3, 0.4) is 0 Å². The largest absolute Gasteiger partial charge is 0.508 e. The Labute approximate surface area is 150 Å². The van der Waals surface area contributed by atoms with Crippen molar-refractivity contribution in [3.63, 3.8) is 0 Å². The standard InChI is InChI=1S/C23H40O/c1-5-6-7-8-9-10-11-12-13-14-15-16-20-17-18-22(24)21(19-20)23(2,3)4/h17-19,24H,5-16H2,1-4H3. The van der Waals surface area contributed by atoms with Gasteiger partial charge in [0.25, 0.3) is 0 Å². The van der Waals surface area contributed by atoms with E-state index in [2.05, 4.69) is 39.8 Å². The summed E-state index contributed by atoms with van der Waals surface area (Å²) in [7, 11) is 0. The van der Waals surface area contributed by atoms with Crippen LogP contribution in [-0.4, -0.2) is 5.11 Å². The second-order valence-corrected chi connectivity index (χ2v) is 8.39. The third-order valence-electron chi connectivity index (χ3n) is 4.94. The lowest BCUT2D eigenvalue weighted by Gasteiger charge is -2.21. The zero-order chi connectivity index (χ0) is 17.8. The molecule has 0 aliphatic heterocycles. The number of unbranched alkanes of at least 4 members (excludes halogenated alkanes) is 10. The van der Waals surface area contributed by atoms with E-state index in [0.29, 0.717) is 5.75 Å². The van der Waals surface area contributed by atoms with E-state index in [4.69, 9.17) is 0 Å². The second kappa shape index (κ2) is 11.6.